The molecule has 0 fully saturated rings. The van der Waals surface area contributed by atoms with Crippen LogP contribution in [-0.4, -0.2) is 11.2 Å². The van der Waals surface area contributed by atoms with E-state index in [1.165, 1.54) is 10.5 Å². The summed E-state index contributed by atoms with van der Waals surface area (Å²) in [6.07, 6.45) is 3.89. The van der Waals surface area contributed by atoms with Gasteiger partial charge in [0.05, 0.1) is 0 Å². The first-order valence-corrected chi connectivity index (χ1v) is 7.24. The van der Waals surface area contributed by atoms with E-state index in [9.17, 15) is 0 Å². The topological polar surface area (TPSA) is 24.9 Å². The second kappa shape index (κ2) is 5.56. The van der Waals surface area contributed by atoms with Gasteiger partial charge >= 0.3 is 0 Å². The number of pyridine rings is 1. The molecule has 0 saturated carbocycles. The van der Waals surface area contributed by atoms with Crippen LogP contribution in [0.4, 0.5) is 11.5 Å². The SMILES string of the molecule is CSc1cccc(Nc2cc(C)c(Br)cn2)c1. The van der Waals surface area contributed by atoms with E-state index in [4.69, 9.17) is 0 Å². The molecule has 2 nitrogen and oxygen atoms in total. The fourth-order valence-corrected chi connectivity index (χ4v) is 2.13. The van der Waals surface area contributed by atoms with E-state index in [1.807, 2.05) is 24.4 Å². The zero-order valence-electron chi connectivity index (χ0n) is 9.70. The van der Waals surface area contributed by atoms with Gasteiger partial charge in [0.25, 0.3) is 0 Å². The van der Waals surface area contributed by atoms with Gasteiger partial charge in [-0.05, 0) is 58.9 Å². The van der Waals surface area contributed by atoms with Crippen LogP contribution in [0.15, 0.2) is 45.9 Å². The Hall–Kier alpha value is -1.00. The largest absolute Gasteiger partial charge is 0.340 e. The quantitative estimate of drug-likeness (QED) is 0.838. The Balaban J connectivity index is 2.22. The van der Waals surface area contributed by atoms with Crippen molar-refractivity contribution >= 4 is 39.2 Å². The Labute approximate surface area is 114 Å². The first-order chi connectivity index (χ1) is 8.19. The van der Waals surface area contributed by atoms with Gasteiger partial charge in [0.2, 0.25) is 0 Å². The molecule has 0 aliphatic carbocycles. The lowest BCUT2D eigenvalue weighted by Crippen LogP contribution is -1.94. The van der Waals surface area contributed by atoms with Crippen molar-refractivity contribution in [3.63, 3.8) is 0 Å². The van der Waals surface area contributed by atoms with Crippen molar-refractivity contribution in [2.75, 3.05) is 11.6 Å². The van der Waals surface area contributed by atoms with Crippen LogP contribution in [0.5, 0.6) is 0 Å². The summed E-state index contributed by atoms with van der Waals surface area (Å²) in [6, 6.07) is 10.3. The molecule has 1 N–H and O–H groups in total. The van der Waals surface area contributed by atoms with Crippen LogP contribution in [0.25, 0.3) is 0 Å². The van der Waals surface area contributed by atoms with E-state index in [0.29, 0.717) is 0 Å². The highest BCUT2D eigenvalue weighted by atomic mass is 79.9. The molecule has 0 radical (unpaired) electrons. The molecule has 2 aromatic rings. The number of anilines is 2. The molecule has 1 heterocycles. The van der Waals surface area contributed by atoms with Gasteiger partial charge in [-0.25, -0.2) is 4.98 Å². The summed E-state index contributed by atoms with van der Waals surface area (Å²) < 4.78 is 1.03. The van der Waals surface area contributed by atoms with Gasteiger partial charge in [-0.3, -0.25) is 0 Å². The standard InChI is InChI=1S/C13H13BrN2S/c1-9-6-13(15-8-12(9)14)16-10-4-3-5-11(7-10)17-2/h3-8H,1-2H3,(H,15,16). The number of nitrogens with zero attached hydrogens (tertiary/aromatic N) is 1. The van der Waals surface area contributed by atoms with Crippen LogP contribution < -0.4 is 5.32 Å². The monoisotopic (exact) mass is 308 g/mol. The lowest BCUT2D eigenvalue weighted by molar-refractivity contribution is 1.25. The molecule has 17 heavy (non-hydrogen) atoms. The summed E-state index contributed by atoms with van der Waals surface area (Å²) in [4.78, 5) is 5.56. The number of hydrogen-bond donors (Lipinski definition) is 1. The van der Waals surface area contributed by atoms with E-state index in [2.05, 4.69) is 51.5 Å². The molecular formula is C13H13BrN2S. The molecule has 0 bridgehead atoms. The molecule has 4 heteroatoms. The highest BCUT2D eigenvalue weighted by Gasteiger charge is 2.00. The summed E-state index contributed by atoms with van der Waals surface area (Å²) in [5.41, 5.74) is 2.23. The van der Waals surface area contributed by atoms with Crippen LogP contribution in [0.1, 0.15) is 5.56 Å². The fourth-order valence-electron chi connectivity index (χ4n) is 1.46. The third kappa shape index (κ3) is 3.23. The Morgan fingerprint density at radius 1 is 1.29 bits per heavy atom. The predicted molar refractivity (Wildman–Crippen MR) is 78.2 cm³/mol. The number of halogens is 1. The molecular weight excluding hydrogens is 296 g/mol. The molecule has 88 valence electrons. The molecule has 0 saturated heterocycles. The Morgan fingerprint density at radius 2 is 2.12 bits per heavy atom. The molecule has 0 aliphatic heterocycles. The van der Waals surface area contributed by atoms with Gasteiger partial charge in [0.15, 0.2) is 0 Å². The number of nitrogens with one attached hydrogen (secondary N) is 1. The number of aryl methyl sites for hydroxylation is 1. The molecule has 0 atom stereocenters. The van der Waals surface area contributed by atoms with Gasteiger partial charge in [-0.2, -0.15) is 0 Å². The second-order valence-corrected chi connectivity index (χ2v) is 5.41. The van der Waals surface area contributed by atoms with E-state index in [-0.39, 0.29) is 0 Å². The summed E-state index contributed by atoms with van der Waals surface area (Å²) >= 11 is 5.18. The summed E-state index contributed by atoms with van der Waals surface area (Å²) in [5.74, 6) is 0.865. The second-order valence-electron chi connectivity index (χ2n) is 3.68. The van der Waals surface area contributed by atoms with Crippen molar-refractivity contribution in [3.05, 3.63) is 46.6 Å². The minimum absolute atomic E-state index is 0.865. The van der Waals surface area contributed by atoms with Crippen molar-refractivity contribution in [1.82, 2.24) is 4.98 Å². The van der Waals surface area contributed by atoms with Gasteiger partial charge in [-0.15, -0.1) is 11.8 Å². The zero-order chi connectivity index (χ0) is 12.3. The van der Waals surface area contributed by atoms with Gasteiger partial charge in [0, 0.05) is 21.3 Å². The summed E-state index contributed by atoms with van der Waals surface area (Å²) in [7, 11) is 0. The maximum Gasteiger partial charge on any atom is 0.130 e. The minimum Gasteiger partial charge on any atom is -0.340 e. The zero-order valence-corrected chi connectivity index (χ0v) is 12.1. The maximum absolute atomic E-state index is 4.33. The van der Waals surface area contributed by atoms with E-state index in [0.717, 1.165) is 16.0 Å². The highest BCUT2D eigenvalue weighted by Crippen LogP contribution is 2.23. The van der Waals surface area contributed by atoms with Crippen LogP contribution in [0.3, 0.4) is 0 Å². The predicted octanol–water partition coefficient (Wildman–Crippen LogP) is 4.62. The number of rotatable bonds is 3. The van der Waals surface area contributed by atoms with Gasteiger partial charge < -0.3 is 5.32 Å². The van der Waals surface area contributed by atoms with Crippen LogP contribution in [0.2, 0.25) is 0 Å². The average molecular weight is 309 g/mol. The van der Waals surface area contributed by atoms with E-state index < -0.39 is 0 Å². The Morgan fingerprint density at radius 3 is 2.82 bits per heavy atom. The molecule has 0 aliphatic rings. The molecule has 0 spiro atoms. The van der Waals surface area contributed by atoms with Crippen LogP contribution >= 0.6 is 27.7 Å². The normalized spacial score (nSPS) is 10.3. The van der Waals surface area contributed by atoms with E-state index in [1.54, 1.807) is 11.8 Å². The average Bonchev–Trinajstić information content (AvgIpc) is 2.34. The number of aromatic nitrogens is 1. The van der Waals surface area contributed by atoms with Crippen LogP contribution in [0, 0.1) is 6.92 Å². The lowest BCUT2D eigenvalue weighted by Gasteiger charge is -2.08. The number of benzene rings is 1. The summed E-state index contributed by atoms with van der Waals surface area (Å²) in [5, 5.41) is 3.30. The van der Waals surface area contributed by atoms with Crippen molar-refractivity contribution in [2.45, 2.75) is 11.8 Å². The molecule has 0 amide bonds. The third-order valence-electron chi connectivity index (χ3n) is 2.39. The van der Waals surface area contributed by atoms with E-state index >= 15 is 0 Å². The first kappa shape index (κ1) is 12.5. The third-order valence-corrected chi connectivity index (χ3v) is 3.94. The van der Waals surface area contributed by atoms with Crippen molar-refractivity contribution in [3.8, 4) is 0 Å². The van der Waals surface area contributed by atoms with Crippen molar-refractivity contribution in [1.29, 1.82) is 0 Å². The van der Waals surface area contributed by atoms with Crippen LogP contribution in [-0.2, 0) is 0 Å². The van der Waals surface area contributed by atoms with Gasteiger partial charge in [0.1, 0.15) is 5.82 Å². The Bertz CT molecular complexity index is 529. The minimum atomic E-state index is 0.865. The number of hydrogen-bond acceptors (Lipinski definition) is 3. The fraction of sp³-hybridized carbons (Fsp3) is 0.154. The molecule has 1 aromatic heterocycles. The molecule has 1 aromatic carbocycles. The maximum atomic E-state index is 4.33. The number of thioether (sulfide) groups is 1. The Kier molecular flexibility index (Phi) is 4.07. The smallest absolute Gasteiger partial charge is 0.130 e. The molecule has 0 unspecified atom stereocenters. The lowest BCUT2D eigenvalue weighted by atomic mass is 10.3. The van der Waals surface area contributed by atoms with Gasteiger partial charge in [-0.1, -0.05) is 6.07 Å². The molecule has 2 rings (SSSR count). The first-order valence-electron chi connectivity index (χ1n) is 5.22. The summed E-state index contributed by atoms with van der Waals surface area (Å²) in [6.45, 7) is 2.05. The van der Waals surface area contributed by atoms with Crippen molar-refractivity contribution in [2.24, 2.45) is 0 Å². The van der Waals surface area contributed by atoms with Crippen molar-refractivity contribution < 1.29 is 0 Å². The highest BCUT2D eigenvalue weighted by molar-refractivity contribution is 9.10.